The maximum absolute atomic E-state index is 5.61. The normalized spacial score (nSPS) is 30.8. The Morgan fingerprint density at radius 3 is 2.60 bits per heavy atom. The number of rotatable bonds is 5. The Morgan fingerprint density at radius 1 is 1.47 bits per heavy atom. The van der Waals surface area contributed by atoms with E-state index in [0.29, 0.717) is 24.2 Å². The van der Waals surface area contributed by atoms with Crippen LogP contribution >= 0.6 is 0 Å². The van der Waals surface area contributed by atoms with Crippen molar-refractivity contribution < 1.29 is 4.74 Å². The Hall–Kier alpha value is -0.120. The van der Waals surface area contributed by atoms with Gasteiger partial charge in [-0.3, -0.25) is 4.90 Å². The second kappa shape index (κ2) is 5.83. The Bertz CT molecular complexity index is 186. The van der Waals surface area contributed by atoms with E-state index in [4.69, 9.17) is 4.74 Å². The Balaban J connectivity index is 2.47. The summed E-state index contributed by atoms with van der Waals surface area (Å²) in [6, 6.07) is 1.67. The van der Waals surface area contributed by atoms with Crippen molar-refractivity contribution in [1.82, 2.24) is 10.2 Å². The molecule has 0 aliphatic carbocycles. The van der Waals surface area contributed by atoms with Crippen LogP contribution in [0.1, 0.15) is 34.1 Å². The van der Waals surface area contributed by atoms with Gasteiger partial charge in [-0.1, -0.05) is 6.92 Å². The third-order valence-electron chi connectivity index (χ3n) is 3.75. The van der Waals surface area contributed by atoms with Crippen molar-refractivity contribution in [3.63, 3.8) is 0 Å². The predicted octanol–water partition coefficient (Wildman–Crippen LogP) is 1.48. The molecule has 1 rings (SSSR count). The molecule has 3 nitrogen and oxygen atoms in total. The van der Waals surface area contributed by atoms with Crippen molar-refractivity contribution in [3.8, 4) is 0 Å². The zero-order valence-electron chi connectivity index (χ0n) is 10.8. The average molecular weight is 214 g/mol. The standard InChI is InChI=1S/C12H26N2O/c1-6-13-9(2)10(3)14(5)12-7-8-15-11(12)4/h9-13H,6-8H2,1-5H3. The number of likely N-dealkylation sites (N-methyl/N-ethyl adjacent to an activating group) is 2. The largest absolute Gasteiger partial charge is 0.377 e. The smallest absolute Gasteiger partial charge is 0.0703 e. The van der Waals surface area contributed by atoms with E-state index in [0.717, 1.165) is 13.2 Å². The fourth-order valence-electron chi connectivity index (χ4n) is 2.40. The first-order valence-corrected chi connectivity index (χ1v) is 6.14. The summed E-state index contributed by atoms with van der Waals surface area (Å²) >= 11 is 0. The summed E-state index contributed by atoms with van der Waals surface area (Å²) in [5, 5.41) is 3.48. The quantitative estimate of drug-likeness (QED) is 0.750. The highest BCUT2D eigenvalue weighted by Gasteiger charge is 2.31. The third kappa shape index (κ3) is 3.16. The highest BCUT2D eigenvalue weighted by Crippen LogP contribution is 2.20. The Kier molecular flexibility index (Phi) is 5.03. The summed E-state index contributed by atoms with van der Waals surface area (Å²) in [4.78, 5) is 2.46. The van der Waals surface area contributed by atoms with Crippen molar-refractivity contribution in [3.05, 3.63) is 0 Å². The molecule has 0 saturated carbocycles. The van der Waals surface area contributed by atoms with Crippen LogP contribution in [0.4, 0.5) is 0 Å². The number of ether oxygens (including phenoxy) is 1. The third-order valence-corrected chi connectivity index (χ3v) is 3.75. The summed E-state index contributed by atoms with van der Waals surface area (Å²) in [5.41, 5.74) is 0. The lowest BCUT2D eigenvalue weighted by atomic mass is 10.0. The highest BCUT2D eigenvalue weighted by atomic mass is 16.5. The van der Waals surface area contributed by atoms with Crippen molar-refractivity contribution in [2.75, 3.05) is 20.2 Å². The van der Waals surface area contributed by atoms with Crippen molar-refractivity contribution >= 4 is 0 Å². The van der Waals surface area contributed by atoms with Crippen LogP contribution in [0.25, 0.3) is 0 Å². The second-order valence-electron chi connectivity index (χ2n) is 4.68. The molecule has 90 valence electrons. The summed E-state index contributed by atoms with van der Waals surface area (Å²) in [5.74, 6) is 0. The zero-order chi connectivity index (χ0) is 11.4. The van der Waals surface area contributed by atoms with Gasteiger partial charge in [0.1, 0.15) is 0 Å². The second-order valence-corrected chi connectivity index (χ2v) is 4.68. The molecule has 0 aromatic carbocycles. The van der Waals surface area contributed by atoms with Gasteiger partial charge in [-0.15, -0.1) is 0 Å². The highest BCUT2D eigenvalue weighted by molar-refractivity contribution is 4.86. The summed E-state index contributed by atoms with van der Waals surface area (Å²) in [6.07, 6.45) is 1.55. The maximum Gasteiger partial charge on any atom is 0.0703 e. The summed E-state index contributed by atoms with van der Waals surface area (Å²) in [7, 11) is 2.22. The van der Waals surface area contributed by atoms with Gasteiger partial charge in [0.15, 0.2) is 0 Å². The van der Waals surface area contributed by atoms with E-state index in [1.807, 2.05) is 0 Å². The van der Waals surface area contributed by atoms with Crippen LogP contribution in [0.2, 0.25) is 0 Å². The fraction of sp³-hybridized carbons (Fsp3) is 1.00. The molecule has 1 heterocycles. The molecule has 15 heavy (non-hydrogen) atoms. The van der Waals surface area contributed by atoms with E-state index < -0.39 is 0 Å². The van der Waals surface area contributed by atoms with Crippen LogP contribution in [0, 0.1) is 0 Å². The molecule has 0 spiro atoms. The Labute approximate surface area is 94.2 Å². The first-order valence-electron chi connectivity index (χ1n) is 6.14. The minimum Gasteiger partial charge on any atom is -0.377 e. The molecule has 3 heteroatoms. The minimum atomic E-state index is 0.381. The van der Waals surface area contributed by atoms with Gasteiger partial charge in [0.05, 0.1) is 6.10 Å². The van der Waals surface area contributed by atoms with Crippen molar-refractivity contribution in [2.45, 2.75) is 58.3 Å². The van der Waals surface area contributed by atoms with Gasteiger partial charge in [-0.2, -0.15) is 0 Å². The van der Waals surface area contributed by atoms with Crippen LogP contribution in [0.3, 0.4) is 0 Å². The molecule has 0 aromatic rings. The van der Waals surface area contributed by atoms with E-state index in [1.165, 1.54) is 6.42 Å². The number of nitrogens with zero attached hydrogens (tertiary/aromatic N) is 1. The van der Waals surface area contributed by atoms with Gasteiger partial charge in [-0.25, -0.2) is 0 Å². The molecule has 1 fully saturated rings. The van der Waals surface area contributed by atoms with Gasteiger partial charge in [0.25, 0.3) is 0 Å². The van der Waals surface area contributed by atoms with Gasteiger partial charge >= 0.3 is 0 Å². The lowest BCUT2D eigenvalue weighted by molar-refractivity contribution is 0.0640. The Morgan fingerprint density at radius 2 is 2.13 bits per heavy atom. The molecule has 1 N–H and O–H groups in total. The summed E-state index contributed by atoms with van der Waals surface area (Å²) in [6.45, 7) is 10.8. The van der Waals surface area contributed by atoms with Crippen LogP contribution in [0.15, 0.2) is 0 Å². The fourth-order valence-corrected chi connectivity index (χ4v) is 2.40. The monoisotopic (exact) mass is 214 g/mol. The van der Waals surface area contributed by atoms with Crippen LogP contribution < -0.4 is 5.32 Å². The molecule has 4 atom stereocenters. The predicted molar refractivity (Wildman–Crippen MR) is 64.2 cm³/mol. The average Bonchev–Trinajstić information content (AvgIpc) is 2.62. The molecule has 0 radical (unpaired) electrons. The number of hydrogen-bond acceptors (Lipinski definition) is 3. The van der Waals surface area contributed by atoms with E-state index >= 15 is 0 Å². The number of nitrogens with one attached hydrogen (secondary N) is 1. The summed E-state index contributed by atoms with van der Waals surface area (Å²) < 4.78 is 5.61. The topological polar surface area (TPSA) is 24.5 Å². The first kappa shape index (κ1) is 12.9. The molecule has 0 aromatic heterocycles. The molecule has 1 saturated heterocycles. The maximum atomic E-state index is 5.61. The molecular weight excluding hydrogens is 188 g/mol. The molecular formula is C12H26N2O. The van der Waals surface area contributed by atoms with Crippen molar-refractivity contribution in [1.29, 1.82) is 0 Å². The molecule has 0 amide bonds. The minimum absolute atomic E-state index is 0.381. The first-order chi connectivity index (χ1) is 7.07. The van der Waals surface area contributed by atoms with E-state index in [1.54, 1.807) is 0 Å². The SMILES string of the molecule is CCNC(C)C(C)N(C)C1CCOC1C. The molecule has 4 unspecified atom stereocenters. The van der Waals surface area contributed by atoms with Gasteiger partial charge in [-0.05, 0) is 40.8 Å². The van der Waals surface area contributed by atoms with Gasteiger partial charge in [0, 0.05) is 24.7 Å². The molecule has 0 bridgehead atoms. The van der Waals surface area contributed by atoms with E-state index in [2.05, 4.69) is 45.0 Å². The zero-order valence-corrected chi connectivity index (χ0v) is 10.8. The van der Waals surface area contributed by atoms with E-state index in [-0.39, 0.29) is 0 Å². The number of hydrogen-bond donors (Lipinski definition) is 1. The molecule has 1 aliphatic heterocycles. The lowest BCUT2D eigenvalue weighted by Gasteiger charge is -2.35. The van der Waals surface area contributed by atoms with Crippen LogP contribution in [0.5, 0.6) is 0 Å². The van der Waals surface area contributed by atoms with Crippen LogP contribution in [-0.4, -0.2) is 49.3 Å². The lowest BCUT2D eigenvalue weighted by Crippen LogP contribution is -2.50. The van der Waals surface area contributed by atoms with E-state index in [9.17, 15) is 0 Å². The van der Waals surface area contributed by atoms with Gasteiger partial charge < -0.3 is 10.1 Å². The van der Waals surface area contributed by atoms with Crippen molar-refractivity contribution in [2.24, 2.45) is 0 Å². The molecule has 1 aliphatic rings. The van der Waals surface area contributed by atoms with Gasteiger partial charge in [0.2, 0.25) is 0 Å². The van der Waals surface area contributed by atoms with Crippen LogP contribution in [-0.2, 0) is 4.74 Å².